The molecule has 122 valence electrons. The SMILES string of the molecule is O=C1CCCC(=O)C1C(=O)c1ccc(C(F)(F)F)cc1[N+](=O)O. The van der Waals surface area contributed by atoms with E-state index in [-0.39, 0.29) is 18.9 Å². The maximum absolute atomic E-state index is 12.6. The Morgan fingerprint density at radius 1 is 1.17 bits per heavy atom. The Labute approximate surface area is 127 Å². The van der Waals surface area contributed by atoms with Crippen LogP contribution in [0.15, 0.2) is 18.2 Å². The fourth-order valence-electron chi connectivity index (χ4n) is 2.43. The molecule has 0 atom stereocenters. The number of rotatable bonds is 3. The first kappa shape index (κ1) is 16.8. The second-order valence-electron chi connectivity index (χ2n) is 5.09. The van der Waals surface area contributed by atoms with E-state index in [0.29, 0.717) is 18.6 Å². The number of ketones is 3. The van der Waals surface area contributed by atoms with Crippen molar-refractivity contribution in [2.24, 2.45) is 5.92 Å². The maximum Gasteiger partial charge on any atom is 0.416 e. The number of benzene rings is 1. The van der Waals surface area contributed by atoms with E-state index in [9.17, 15) is 32.5 Å². The summed E-state index contributed by atoms with van der Waals surface area (Å²) in [4.78, 5) is 46.0. The zero-order chi connectivity index (χ0) is 17.4. The first-order valence-corrected chi connectivity index (χ1v) is 6.60. The quantitative estimate of drug-likeness (QED) is 0.522. The number of halogens is 3. The molecule has 1 fully saturated rings. The molecule has 2 rings (SSSR count). The summed E-state index contributed by atoms with van der Waals surface area (Å²) in [6, 6.07) is 1.51. The molecule has 0 radical (unpaired) electrons. The van der Waals surface area contributed by atoms with Gasteiger partial charge in [-0.05, 0) is 18.6 Å². The molecule has 0 amide bonds. The van der Waals surface area contributed by atoms with Crippen molar-refractivity contribution in [2.75, 3.05) is 0 Å². The van der Waals surface area contributed by atoms with Gasteiger partial charge >= 0.3 is 11.9 Å². The monoisotopic (exact) mass is 330 g/mol. The molecule has 1 aliphatic carbocycles. The van der Waals surface area contributed by atoms with Crippen LogP contribution in [0.2, 0.25) is 0 Å². The van der Waals surface area contributed by atoms with Crippen molar-refractivity contribution in [3.05, 3.63) is 34.2 Å². The van der Waals surface area contributed by atoms with E-state index in [1.165, 1.54) is 0 Å². The normalized spacial score (nSPS) is 16.5. The molecule has 1 aromatic rings. The molecular formula is C14H11F3NO5+. The molecule has 0 unspecified atom stereocenters. The Bertz CT molecular complexity index is 695. The Morgan fingerprint density at radius 3 is 2.22 bits per heavy atom. The van der Waals surface area contributed by atoms with Crippen LogP contribution >= 0.6 is 0 Å². The number of hydrogen-bond acceptors (Lipinski definition) is 4. The van der Waals surface area contributed by atoms with Crippen molar-refractivity contribution >= 4 is 23.0 Å². The lowest BCUT2D eigenvalue weighted by Gasteiger charge is -2.18. The molecule has 1 N–H and O–H groups in total. The van der Waals surface area contributed by atoms with Crippen LogP contribution in [0.1, 0.15) is 35.2 Å². The number of carbonyl (C=O) groups excluding carboxylic acids is 3. The van der Waals surface area contributed by atoms with Crippen LogP contribution in [-0.2, 0) is 15.8 Å². The smallest absolute Gasteiger partial charge is 0.298 e. The molecule has 0 bridgehead atoms. The zero-order valence-electron chi connectivity index (χ0n) is 11.6. The van der Waals surface area contributed by atoms with E-state index in [1.807, 2.05) is 0 Å². The second kappa shape index (κ2) is 5.90. The molecule has 0 saturated heterocycles. The molecule has 0 aromatic heterocycles. The van der Waals surface area contributed by atoms with E-state index in [0.717, 1.165) is 0 Å². The van der Waals surface area contributed by atoms with Crippen molar-refractivity contribution in [2.45, 2.75) is 25.4 Å². The lowest BCUT2D eigenvalue weighted by Crippen LogP contribution is -2.35. The number of Topliss-reactive ketones (excluding diaryl/α,β-unsaturated/α-hetero) is 3. The minimum atomic E-state index is -4.79. The minimum absolute atomic E-state index is 0.00166. The van der Waals surface area contributed by atoms with Crippen molar-refractivity contribution < 1.29 is 37.7 Å². The van der Waals surface area contributed by atoms with Crippen molar-refractivity contribution in [3.8, 4) is 0 Å². The number of nitrogens with zero attached hydrogens (tertiary/aromatic N) is 1. The van der Waals surface area contributed by atoms with Gasteiger partial charge in [-0.1, -0.05) is 0 Å². The summed E-state index contributed by atoms with van der Waals surface area (Å²) in [7, 11) is 0. The predicted molar refractivity (Wildman–Crippen MR) is 68.2 cm³/mol. The molecule has 0 heterocycles. The predicted octanol–water partition coefficient (Wildman–Crippen LogP) is 2.63. The highest BCUT2D eigenvalue weighted by atomic mass is 19.4. The molecule has 1 aromatic carbocycles. The first-order chi connectivity index (χ1) is 10.6. The molecule has 9 heteroatoms. The lowest BCUT2D eigenvalue weighted by molar-refractivity contribution is -0.729. The standard InChI is InChI=1S/C14H11F3NO5/c15-14(16,17)7-4-5-8(9(6-7)18(22)23)13(21)12-10(19)2-1-3-11(12)20/h4-6,12H,1-3H2,(H,22,23)/q+1. The van der Waals surface area contributed by atoms with Gasteiger partial charge in [0.1, 0.15) is 11.5 Å². The van der Waals surface area contributed by atoms with Gasteiger partial charge in [0.2, 0.25) is 0 Å². The van der Waals surface area contributed by atoms with Crippen LogP contribution < -0.4 is 0 Å². The lowest BCUT2D eigenvalue weighted by atomic mass is 9.81. The third-order valence-electron chi connectivity index (χ3n) is 3.55. The zero-order valence-corrected chi connectivity index (χ0v) is 11.6. The molecule has 1 saturated carbocycles. The molecule has 23 heavy (non-hydrogen) atoms. The van der Waals surface area contributed by atoms with E-state index in [1.54, 1.807) is 0 Å². The third kappa shape index (κ3) is 3.27. The summed E-state index contributed by atoms with van der Waals surface area (Å²) in [5.74, 6) is -4.02. The van der Waals surface area contributed by atoms with Crippen LogP contribution in [-0.4, -0.2) is 27.5 Å². The molecular weight excluding hydrogens is 319 g/mol. The van der Waals surface area contributed by atoms with Crippen molar-refractivity contribution in [1.29, 1.82) is 0 Å². The maximum atomic E-state index is 12.6. The highest BCUT2D eigenvalue weighted by molar-refractivity contribution is 6.25. The van der Waals surface area contributed by atoms with E-state index in [2.05, 4.69) is 0 Å². The van der Waals surface area contributed by atoms with Gasteiger partial charge in [0.05, 0.1) is 10.5 Å². The van der Waals surface area contributed by atoms with E-state index < -0.39 is 51.2 Å². The van der Waals surface area contributed by atoms with Crippen LogP contribution in [0, 0.1) is 10.8 Å². The van der Waals surface area contributed by atoms with Gasteiger partial charge in [-0.2, -0.15) is 13.2 Å². The van der Waals surface area contributed by atoms with Gasteiger partial charge in [-0.25, -0.2) is 5.21 Å². The van der Waals surface area contributed by atoms with Crippen LogP contribution in [0.3, 0.4) is 0 Å². The molecule has 0 aliphatic heterocycles. The Kier molecular flexibility index (Phi) is 4.31. The van der Waals surface area contributed by atoms with Crippen molar-refractivity contribution in [3.63, 3.8) is 0 Å². The Balaban J connectivity index is 2.50. The van der Waals surface area contributed by atoms with Crippen LogP contribution in [0.25, 0.3) is 0 Å². The third-order valence-corrected chi connectivity index (χ3v) is 3.55. The summed E-state index contributed by atoms with van der Waals surface area (Å²) in [6.07, 6.45) is -4.49. The van der Waals surface area contributed by atoms with Crippen LogP contribution in [0.4, 0.5) is 18.9 Å². The average Bonchev–Trinajstić information content (AvgIpc) is 2.45. The largest absolute Gasteiger partial charge is 0.416 e. The Morgan fingerprint density at radius 2 is 1.74 bits per heavy atom. The number of carbonyl (C=O) groups is 3. The summed E-state index contributed by atoms with van der Waals surface area (Å²) in [5.41, 5.74) is -2.82. The topological polar surface area (TPSA) is 91.5 Å². The first-order valence-electron chi connectivity index (χ1n) is 6.60. The summed E-state index contributed by atoms with van der Waals surface area (Å²) in [5, 5.41) is 8.96. The molecule has 0 spiro atoms. The van der Waals surface area contributed by atoms with Gasteiger partial charge in [0.15, 0.2) is 17.3 Å². The number of alkyl halides is 3. The van der Waals surface area contributed by atoms with Crippen LogP contribution in [0.5, 0.6) is 0 Å². The average molecular weight is 330 g/mol. The van der Waals surface area contributed by atoms with E-state index >= 15 is 0 Å². The van der Waals surface area contributed by atoms with Gasteiger partial charge in [0, 0.05) is 18.9 Å². The molecule has 1 aliphatic rings. The highest BCUT2D eigenvalue weighted by Gasteiger charge is 2.41. The summed E-state index contributed by atoms with van der Waals surface area (Å²) < 4.78 is 37.9. The highest BCUT2D eigenvalue weighted by Crippen LogP contribution is 2.34. The van der Waals surface area contributed by atoms with Crippen molar-refractivity contribution in [1.82, 2.24) is 0 Å². The van der Waals surface area contributed by atoms with E-state index in [4.69, 9.17) is 5.21 Å². The second-order valence-corrected chi connectivity index (χ2v) is 5.09. The summed E-state index contributed by atoms with van der Waals surface area (Å²) >= 11 is 0. The summed E-state index contributed by atoms with van der Waals surface area (Å²) in [6.45, 7) is 0. The van der Waals surface area contributed by atoms with Gasteiger partial charge in [0.25, 0.3) is 4.92 Å². The number of hydrogen-bond donors (Lipinski definition) is 1. The van der Waals surface area contributed by atoms with Gasteiger partial charge in [-0.3, -0.25) is 14.4 Å². The fraction of sp³-hybridized carbons (Fsp3) is 0.357. The minimum Gasteiger partial charge on any atom is -0.298 e. The van der Waals surface area contributed by atoms with Gasteiger partial charge in [-0.15, -0.1) is 0 Å². The van der Waals surface area contributed by atoms with Gasteiger partial charge < -0.3 is 0 Å². The Hall–Kier alpha value is -2.58. The fourth-order valence-corrected chi connectivity index (χ4v) is 2.43. The molecule has 6 nitrogen and oxygen atoms in total.